The van der Waals surface area contributed by atoms with Crippen molar-refractivity contribution in [3.8, 4) is 5.75 Å². The zero-order valence-corrected chi connectivity index (χ0v) is 13.7. The molecule has 3 N–H and O–H groups in total. The average Bonchev–Trinajstić information content (AvgIpc) is 2.50. The Labute approximate surface area is 141 Å². The molecular weight excluding hydrogens is 370 g/mol. The maximum atomic E-state index is 11.7. The summed E-state index contributed by atoms with van der Waals surface area (Å²) in [4.78, 5) is 11.7. The molecule has 2 aromatic carbocycles. The molecule has 5 nitrogen and oxygen atoms in total. The van der Waals surface area contributed by atoms with Gasteiger partial charge in [0.15, 0.2) is 0 Å². The van der Waals surface area contributed by atoms with E-state index in [1.165, 1.54) is 12.3 Å². The maximum Gasteiger partial charge on any atom is 0.259 e. The number of amides is 1. The highest BCUT2D eigenvalue weighted by atomic mass is 79.9. The molecule has 0 aromatic heterocycles. The summed E-state index contributed by atoms with van der Waals surface area (Å²) in [6, 6.07) is 12.1. The van der Waals surface area contributed by atoms with E-state index < -0.39 is 0 Å². The van der Waals surface area contributed by atoms with Crippen LogP contribution in [0.5, 0.6) is 5.75 Å². The molecule has 0 heterocycles. The number of carbonyl (C=O) groups is 1. The Kier molecular flexibility index (Phi) is 5.80. The average molecular weight is 383 g/mol. The molecule has 1 amide bonds. The van der Waals surface area contributed by atoms with Gasteiger partial charge in [-0.2, -0.15) is 5.10 Å². The fourth-order valence-electron chi connectivity index (χ4n) is 1.62. The maximum absolute atomic E-state index is 11.7. The second-order valence-corrected chi connectivity index (χ2v) is 5.65. The number of halogens is 2. The molecule has 0 atom stereocenters. The van der Waals surface area contributed by atoms with Crippen molar-refractivity contribution >= 4 is 45.3 Å². The van der Waals surface area contributed by atoms with Gasteiger partial charge in [0.1, 0.15) is 5.75 Å². The predicted molar refractivity (Wildman–Crippen MR) is 91.5 cm³/mol. The first-order chi connectivity index (χ1) is 10.6. The molecule has 0 aliphatic rings. The van der Waals surface area contributed by atoms with Crippen LogP contribution < -0.4 is 10.7 Å². The van der Waals surface area contributed by atoms with Gasteiger partial charge in [0.05, 0.1) is 23.5 Å². The van der Waals surface area contributed by atoms with Gasteiger partial charge in [-0.15, -0.1) is 0 Å². The summed E-state index contributed by atoms with van der Waals surface area (Å²) in [5.74, 6) is -0.249. The molecule has 22 heavy (non-hydrogen) atoms. The van der Waals surface area contributed by atoms with E-state index >= 15 is 0 Å². The minimum atomic E-state index is -0.328. The lowest BCUT2D eigenvalue weighted by atomic mass is 10.2. The van der Waals surface area contributed by atoms with E-state index in [1.807, 2.05) is 12.1 Å². The molecule has 2 rings (SSSR count). The van der Waals surface area contributed by atoms with Gasteiger partial charge in [-0.05, 0) is 30.3 Å². The molecule has 114 valence electrons. The number of nitrogens with zero attached hydrogens (tertiary/aromatic N) is 1. The van der Waals surface area contributed by atoms with Crippen molar-refractivity contribution in [1.82, 2.24) is 5.43 Å². The Hall–Kier alpha value is -2.05. The highest BCUT2D eigenvalue weighted by Gasteiger charge is 2.03. The molecule has 0 unspecified atom stereocenters. The van der Waals surface area contributed by atoms with Gasteiger partial charge < -0.3 is 10.4 Å². The first-order valence-corrected chi connectivity index (χ1v) is 7.52. The van der Waals surface area contributed by atoms with Crippen molar-refractivity contribution in [3.63, 3.8) is 0 Å². The van der Waals surface area contributed by atoms with E-state index in [1.54, 1.807) is 24.3 Å². The number of nitrogens with one attached hydrogen (secondary N) is 2. The normalized spacial score (nSPS) is 10.6. The van der Waals surface area contributed by atoms with Crippen molar-refractivity contribution in [2.45, 2.75) is 0 Å². The van der Waals surface area contributed by atoms with E-state index in [-0.39, 0.29) is 18.2 Å². The topological polar surface area (TPSA) is 73.7 Å². The van der Waals surface area contributed by atoms with Crippen molar-refractivity contribution in [2.24, 2.45) is 5.10 Å². The summed E-state index contributed by atoms with van der Waals surface area (Å²) in [5.41, 5.74) is 3.53. The molecule has 0 aliphatic carbocycles. The van der Waals surface area contributed by atoms with Crippen LogP contribution >= 0.6 is 27.5 Å². The van der Waals surface area contributed by atoms with E-state index in [0.29, 0.717) is 16.3 Å². The Bertz CT molecular complexity index is 707. The quantitative estimate of drug-likeness (QED) is 0.548. The minimum Gasteiger partial charge on any atom is -0.507 e. The Balaban J connectivity index is 1.86. The van der Waals surface area contributed by atoms with Gasteiger partial charge in [0, 0.05) is 10.0 Å². The van der Waals surface area contributed by atoms with Crippen LogP contribution in [0.4, 0.5) is 5.69 Å². The summed E-state index contributed by atoms with van der Waals surface area (Å²) >= 11 is 9.26. The molecule has 0 aliphatic heterocycles. The SMILES string of the molecule is O=C(CNc1ccccc1Cl)N/N=C\c1cc(Br)ccc1O. The third kappa shape index (κ3) is 4.75. The number of para-hydroxylation sites is 1. The van der Waals surface area contributed by atoms with Crippen LogP contribution in [0.1, 0.15) is 5.56 Å². The Morgan fingerprint density at radius 2 is 2.09 bits per heavy atom. The van der Waals surface area contributed by atoms with Gasteiger partial charge in [-0.1, -0.05) is 39.7 Å². The summed E-state index contributed by atoms with van der Waals surface area (Å²) in [5, 5.41) is 16.9. The number of rotatable bonds is 5. The molecule has 0 bridgehead atoms. The smallest absolute Gasteiger partial charge is 0.259 e. The number of phenolic OH excluding ortho intramolecular Hbond substituents is 1. The second kappa shape index (κ2) is 7.82. The first-order valence-electron chi connectivity index (χ1n) is 6.35. The van der Waals surface area contributed by atoms with Crippen LogP contribution in [0.15, 0.2) is 52.0 Å². The largest absolute Gasteiger partial charge is 0.507 e. The van der Waals surface area contributed by atoms with Gasteiger partial charge in [-0.25, -0.2) is 5.43 Å². The predicted octanol–water partition coefficient (Wildman–Crippen LogP) is 3.37. The van der Waals surface area contributed by atoms with Crippen LogP contribution in [0.25, 0.3) is 0 Å². The number of hydrogen-bond acceptors (Lipinski definition) is 4. The Morgan fingerprint density at radius 1 is 1.32 bits per heavy atom. The van der Waals surface area contributed by atoms with E-state index in [2.05, 4.69) is 31.8 Å². The summed E-state index contributed by atoms with van der Waals surface area (Å²) in [6.45, 7) is 0.0333. The van der Waals surface area contributed by atoms with Crippen molar-refractivity contribution in [2.75, 3.05) is 11.9 Å². The van der Waals surface area contributed by atoms with E-state index in [9.17, 15) is 9.90 Å². The van der Waals surface area contributed by atoms with Crippen LogP contribution in [-0.2, 0) is 4.79 Å². The number of carbonyl (C=O) groups excluding carboxylic acids is 1. The van der Waals surface area contributed by atoms with E-state index in [0.717, 1.165) is 4.47 Å². The zero-order chi connectivity index (χ0) is 15.9. The highest BCUT2D eigenvalue weighted by molar-refractivity contribution is 9.10. The lowest BCUT2D eigenvalue weighted by Gasteiger charge is -2.06. The number of hydrogen-bond donors (Lipinski definition) is 3. The fourth-order valence-corrected chi connectivity index (χ4v) is 2.20. The van der Waals surface area contributed by atoms with Crippen molar-refractivity contribution in [3.05, 3.63) is 57.5 Å². The summed E-state index contributed by atoms with van der Waals surface area (Å²) < 4.78 is 0.804. The number of anilines is 1. The van der Waals surface area contributed by atoms with Gasteiger partial charge >= 0.3 is 0 Å². The lowest BCUT2D eigenvalue weighted by Crippen LogP contribution is -2.25. The molecule has 0 spiro atoms. The number of aromatic hydroxyl groups is 1. The zero-order valence-electron chi connectivity index (χ0n) is 11.4. The van der Waals surface area contributed by atoms with Gasteiger partial charge in [0.25, 0.3) is 5.91 Å². The van der Waals surface area contributed by atoms with Crippen LogP contribution in [0, 0.1) is 0 Å². The number of phenols is 1. The van der Waals surface area contributed by atoms with Crippen molar-refractivity contribution in [1.29, 1.82) is 0 Å². The summed E-state index contributed by atoms with van der Waals surface area (Å²) in [6.07, 6.45) is 1.37. The third-order valence-electron chi connectivity index (χ3n) is 2.70. The monoisotopic (exact) mass is 381 g/mol. The molecule has 2 aromatic rings. The van der Waals surface area contributed by atoms with Gasteiger partial charge in [-0.3, -0.25) is 4.79 Å². The first kappa shape index (κ1) is 16.3. The molecule has 7 heteroatoms. The van der Waals surface area contributed by atoms with Crippen molar-refractivity contribution < 1.29 is 9.90 Å². The lowest BCUT2D eigenvalue weighted by molar-refractivity contribution is -0.119. The second-order valence-electron chi connectivity index (χ2n) is 4.33. The molecule has 0 saturated heterocycles. The van der Waals surface area contributed by atoms with E-state index in [4.69, 9.17) is 11.6 Å². The Morgan fingerprint density at radius 3 is 2.86 bits per heavy atom. The van der Waals surface area contributed by atoms with Crippen LogP contribution in [0.3, 0.4) is 0 Å². The number of benzene rings is 2. The molecule has 0 saturated carbocycles. The van der Waals surface area contributed by atoms with Crippen LogP contribution in [0.2, 0.25) is 5.02 Å². The number of hydrazone groups is 1. The third-order valence-corrected chi connectivity index (χ3v) is 3.52. The standard InChI is InChI=1S/C15H13BrClN3O2/c16-11-5-6-14(21)10(7-11)8-19-20-15(22)9-18-13-4-2-1-3-12(13)17/h1-8,18,21H,9H2,(H,20,22)/b19-8-. The summed E-state index contributed by atoms with van der Waals surface area (Å²) in [7, 11) is 0. The molecule has 0 radical (unpaired) electrons. The fraction of sp³-hybridized carbons (Fsp3) is 0.0667. The van der Waals surface area contributed by atoms with Crippen LogP contribution in [-0.4, -0.2) is 23.8 Å². The molecular formula is C15H13BrClN3O2. The minimum absolute atomic E-state index is 0.0333. The molecule has 0 fully saturated rings. The van der Waals surface area contributed by atoms with Gasteiger partial charge in [0.2, 0.25) is 0 Å². The highest BCUT2D eigenvalue weighted by Crippen LogP contribution is 2.20.